The number of oxime groups is 1. The fraction of sp³-hybridized carbons (Fsp3) is 0.818. The molecule has 5 heteroatoms. The third-order valence-electron chi connectivity index (χ3n) is 3.16. The van der Waals surface area contributed by atoms with E-state index in [1.165, 1.54) is 0 Å². The molecule has 0 aromatic heterocycles. The van der Waals surface area contributed by atoms with Crippen LogP contribution in [0.2, 0.25) is 0 Å². The Morgan fingerprint density at radius 2 is 2.06 bits per heavy atom. The second kappa shape index (κ2) is 5.72. The Balaban J connectivity index is 2.74. The molecule has 0 aromatic rings. The van der Waals surface area contributed by atoms with Crippen molar-refractivity contribution in [2.24, 2.45) is 10.9 Å². The van der Waals surface area contributed by atoms with Gasteiger partial charge in [0, 0.05) is 6.42 Å². The summed E-state index contributed by atoms with van der Waals surface area (Å²) in [6.45, 7) is 1.95. The van der Waals surface area contributed by atoms with E-state index in [0.29, 0.717) is 6.42 Å². The molecule has 1 aliphatic carbocycles. The van der Waals surface area contributed by atoms with Crippen molar-refractivity contribution in [3.63, 3.8) is 0 Å². The van der Waals surface area contributed by atoms with Crippen molar-refractivity contribution in [3.05, 3.63) is 0 Å². The summed E-state index contributed by atoms with van der Waals surface area (Å²) in [5.41, 5.74) is 5.10. The third-order valence-corrected chi connectivity index (χ3v) is 3.16. The molecule has 1 fully saturated rings. The van der Waals surface area contributed by atoms with Crippen molar-refractivity contribution in [1.82, 2.24) is 5.32 Å². The Morgan fingerprint density at radius 1 is 1.44 bits per heavy atom. The molecule has 0 saturated heterocycles. The lowest BCUT2D eigenvalue weighted by Gasteiger charge is -2.36. The average Bonchev–Trinajstić information content (AvgIpc) is 2.29. The fourth-order valence-electron chi connectivity index (χ4n) is 2.25. The van der Waals surface area contributed by atoms with Gasteiger partial charge in [-0.15, -0.1) is 0 Å². The van der Waals surface area contributed by atoms with Crippen LogP contribution < -0.4 is 11.1 Å². The molecule has 0 radical (unpaired) electrons. The summed E-state index contributed by atoms with van der Waals surface area (Å²) < 4.78 is 0. The molecule has 0 unspecified atom stereocenters. The maximum absolute atomic E-state index is 11.6. The highest BCUT2D eigenvalue weighted by molar-refractivity contribution is 5.93. The van der Waals surface area contributed by atoms with Gasteiger partial charge in [-0.1, -0.05) is 31.3 Å². The smallest absolute Gasteiger partial charge is 0.220 e. The first-order chi connectivity index (χ1) is 7.64. The van der Waals surface area contributed by atoms with Crippen LogP contribution in [0.4, 0.5) is 0 Å². The van der Waals surface area contributed by atoms with Crippen molar-refractivity contribution in [2.75, 3.05) is 0 Å². The highest BCUT2D eigenvalue weighted by Gasteiger charge is 2.37. The summed E-state index contributed by atoms with van der Waals surface area (Å²) in [4.78, 5) is 11.6. The number of amidine groups is 1. The summed E-state index contributed by atoms with van der Waals surface area (Å²) in [5.74, 6) is 0.118. The van der Waals surface area contributed by atoms with Gasteiger partial charge in [-0.3, -0.25) is 4.79 Å². The quantitative estimate of drug-likeness (QED) is 0.293. The Kier molecular flexibility index (Phi) is 4.58. The van der Waals surface area contributed by atoms with Crippen LogP contribution in [-0.4, -0.2) is 22.5 Å². The lowest BCUT2D eigenvalue weighted by atomic mass is 9.80. The van der Waals surface area contributed by atoms with Gasteiger partial charge < -0.3 is 16.3 Å². The van der Waals surface area contributed by atoms with Crippen LogP contribution in [0, 0.1) is 0 Å². The zero-order valence-corrected chi connectivity index (χ0v) is 9.83. The fourth-order valence-corrected chi connectivity index (χ4v) is 2.25. The van der Waals surface area contributed by atoms with Gasteiger partial charge in [-0.2, -0.15) is 0 Å². The largest absolute Gasteiger partial charge is 0.409 e. The molecule has 4 N–H and O–H groups in total. The highest BCUT2D eigenvalue weighted by atomic mass is 16.4. The summed E-state index contributed by atoms with van der Waals surface area (Å²) in [7, 11) is 0. The van der Waals surface area contributed by atoms with Crippen LogP contribution in [0.15, 0.2) is 5.16 Å². The van der Waals surface area contributed by atoms with Crippen molar-refractivity contribution in [3.8, 4) is 0 Å². The van der Waals surface area contributed by atoms with Crippen molar-refractivity contribution < 1.29 is 10.0 Å². The Bertz CT molecular complexity index is 270. The molecule has 1 amide bonds. The molecule has 0 aliphatic heterocycles. The molecule has 0 atom stereocenters. The number of nitrogens with two attached hydrogens (primary N) is 1. The van der Waals surface area contributed by atoms with E-state index in [9.17, 15) is 4.79 Å². The summed E-state index contributed by atoms with van der Waals surface area (Å²) >= 11 is 0. The van der Waals surface area contributed by atoms with E-state index in [2.05, 4.69) is 10.5 Å². The third kappa shape index (κ3) is 2.87. The van der Waals surface area contributed by atoms with Crippen LogP contribution in [0.5, 0.6) is 0 Å². The average molecular weight is 227 g/mol. The van der Waals surface area contributed by atoms with Gasteiger partial charge in [0.15, 0.2) is 5.84 Å². The lowest BCUT2D eigenvalue weighted by molar-refractivity contribution is -0.122. The number of nitrogens with zero attached hydrogens (tertiary/aromatic N) is 1. The molecule has 0 spiro atoms. The van der Waals surface area contributed by atoms with Gasteiger partial charge in [0.25, 0.3) is 0 Å². The molecule has 1 rings (SSSR count). The minimum Gasteiger partial charge on any atom is -0.409 e. The predicted molar refractivity (Wildman–Crippen MR) is 62.3 cm³/mol. The van der Waals surface area contributed by atoms with E-state index < -0.39 is 5.54 Å². The first-order valence-electron chi connectivity index (χ1n) is 5.93. The maximum atomic E-state index is 11.6. The molecule has 0 aromatic carbocycles. The molecule has 0 bridgehead atoms. The van der Waals surface area contributed by atoms with E-state index in [1.807, 2.05) is 6.92 Å². The van der Waals surface area contributed by atoms with Crippen LogP contribution in [0.25, 0.3) is 0 Å². The van der Waals surface area contributed by atoms with Crippen molar-refractivity contribution in [1.29, 1.82) is 0 Å². The minimum atomic E-state index is -0.612. The van der Waals surface area contributed by atoms with Crippen LogP contribution >= 0.6 is 0 Å². The van der Waals surface area contributed by atoms with E-state index in [-0.39, 0.29) is 11.7 Å². The molecule has 0 heterocycles. The first-order valence-corrected chi connectivity index (χ1v) is 5.93. The second-order valence-electron chi connectivity index (χ2n) is 4.43. The van der Waals surface area contributed by atoms with Gasteiger partial charge in [0.1, 0.15) is 5.54 Å². The Hall–Kier alpha value is -1.26. The first kappa shape index (κ1) is 12.8. The van der Waals surface area contributed by atoms with Crippen LogP contribution in [-0.2, 0) is 4.79 Å². The van der Waals surface area contributed by atoms with Gasteiger partial charge in [-0.25, -0.2) is 0 Å². The number of carbonyl (C=O) groups excluding carboxylic acids is 1. The predicted octanol–water partition coefficient (Wildman–Crippen LogP) is 1.35. The van der Waals surface area contributed by atoms with Crippen LogP contribution in [0.3, 0.4) is 0 Å². The monoisotopic (exact) mass is 227 g/mol. The minimum absolute atomic E-state index is 0.0176. The Morgan fingerprint density at radius 3 is 2.56 bits per heavy atom. The highest BCUT2D eigenvalue weighted by Crippen LogP contribution is 2.28. The number of nitrogens with one attached hydrogen (secondary N) is 1. The molecular formula is C11H21N3O2. The zero-order valence-electron chi connectivity index (χ0n) is 9.83. The summed E-state index contributed by atoms with van der Waals surface area (Å²) in [5, 5.41) is 14.8. The number of hydrogen-bond donors (Lipinski definition) is 3. The number of carbonyl (C=O) groups is 1. The molecule has 1 saturated carbocycles. The van der Waals surface area contributed by atoms with Gasteiger partial charge in [-0.05, 0) is 19.3 Å². The standard InChI is InChI=1S/C11H21N3O2/c1-2-6-9(15)13-11(10(12)14-16)7-4-3-5-8-11/h16H,2-8H2,1H3,(H2,12,14)(H,13,15). The van der Waals surface area contributed by atoms with Gasteiger partial charge in [0.05, 0.1) is 0 Å². The molecule has 92 valence electrons. The topological polar surface area (TPSA) is 87.7 Å². The van der Waals surface area contributed by atoms with E-state index >= 15 is 0 Å². The van der Waals surface area contributed by atoms with E-state index in [4.69, 9.17) is 10.9 Å². The molecule has 1 aliphatic rings. The number of amides is 1. The van der Waals surface area contributed by atoms with Gasteiger partial charge in [0.2, 0.25) is 5.91 Å². The number of hydrogen-bond acceptors (Lipinski definition) is 3. The summed E-state index contributed by atoms with van der Waals surface area (Å²) in [6, 6.07) is 0. The second-order valence-corrected chi connectivity index (χ2v) is 4.43. The van der Waals surface area contributed by atoms with Crippen molar-refractivity contribution in [2.45, 2.75) is 57.4 Å². The maximum Gasteiger partial charge on any atom is 0.220 e. The van der Waals surface area contributed by atoms with Crippen LogP contribution in [0.1, 0.15) is 51.9 Å². The normalized spacial score (nSPS) is 20.4. The SMILES string of the molecule is CCCC(=O)NC1(/C(N)=N/O)CCCCC1. The molecule has 5 nitrogen and oxygen atoms in total. The Labute approximate surface area is 96.1 Å². The number of rotatable bonds is 4. The van der Waals surface area contributed by atoms with Gasteiger partial charge >= 0.3 is 0 Å². The van der Waals surface area contributed by atoms with Crippen molar-refractivity contribution >= 4 is 11.7 Å². The molecule has 16 heavy (non-hydrogen) atoms. The lowest BCUT2D eigenvalue weighted by Crippen LogP contribution is -2.58. The van der Waals surface area contributed by atoms with E-state index in [0.717, 1.165) is 38.5 Å². The zero-order chi connectivity index (χ0) is 12.0. The van der Waals surface area contributed by atoms with E-state index in [1.54, 1.807) is 0 Å². The molecular weight excluding hydrogens is 206 g/mol. The summed E-state index contributed by atoms with van der Waals surface area (Å²) in [6.07, 6.45) is 5.96.